The molecule has 0 unspecified atom stereocenters. The molecule has 114 valence electrons. The number of allylic oxidation sites excluding steroid dienone is 4. The van der Waals surface area contributed by atoms with Gasteiger partial charge in [-0.3, -0.25) is 0 Å². The molecule has 0 fully saturated rings. The fraction of sp³-hybridized carbons (Fsp3) is 0.200. The summed E-state index contributed by atoms with van der Waals surface area (Å²) in [7, 11) is -0.524. The Morgan fingerprint density at radius 1 is 0.818 bits per heavy atom. The number of aromatic hydroxyl groups is 1. The van der Waals surface area contributed by atoms with Crippen LogP contribution in [0.5, 0.6) is 5.75 Å². The molecule has 0 saturated heterocycles. The summed E-state index contributed by atoms with van der Waals surface area (Å²) in [5, 5.41) is 14.3. The van der Waals surface area contributed by atoms with Gasteiger partial charge in [0.25, 0.3) is 0 Å². The Kier molecular flexibility index (Phi) is 5.57. The van der Waals surface area contributed by atoms with E-state index in [-0.39, 0.29) is 0 Å². The first-order valence-electron chi connectivity index (χ1n) is 7.53. The quantitative estimate of drug-likeness (QED) is 0.685. The lowest BCUT2D eigenvalue weighted by atomic mass is 10.0. The van der Waals surface area contributed by atoms with Crippen molar-refractivity contribution in [3.63, 3.8) is 0 Å². The monoisotopic (exact) mass is 310 g/mol. The summed E-state index contributed by atoms with van der Waals surface area (Å²) in [5.41, 5.74) is 2.02. The van der Waals surface area contributed by atoms with Crippen molar-refractivity contribution < 1.29 is 5.11 Å². The van der Waals surface area contributed by atoms with Crippen LogP contribution in [0, 0.1) is 0 Å². The summed E-state index contributed by atoms with van der Waals surface area (Å²) >= 11 is 0. The van der Waals surface area contributed by atoms with Crippen LogP contribution in [-0.2, 0) is 0 Å². The van der Waals surface area contributed by atoms with Crippen LogP contribution >= 0.6 is 7.92 Å². The van der Waals surface area contributed by atoms with Crippen molar-refractivity contribution in [2.24, 2.45) is 0 Å². The van der Waals surface area contributed by atoms with Crippen LogP contribution in [0.4, 0.5) is 0 Å². The average Bonchev–Trinajstić information content (AvgIpc) is 2.55. The number of hydrogen-bond acceptors (Lipinski definition) is 1. The topological polar surface area (TPSA) is 20.2 Å². The Hall–Kier alpha value is -1.85. The second-order valence-electron chi connectivity index (χ2n) is 5.23. The Bertz CT molecular complexity index is 695. The lowest BCUT2D eigenvalue weighted by Gasteiger charge is -2.23. The highest BCUT2D eigenvalue weighted by atomic mass is 31.1. The van der Waals surface area contributed by atoms with E-state index < -0.39 is 7.92 Å². The lowest BCUT2D eigenvalue weighted by Crippen LogP contribution is -2.06. The Morgan fingerprint density at radius 3 is 1.86 bits per heavy atom. The highest BCUT2D eigenvalue weighted by Gasteiger charge is 2.19. The fourth-order valence-electron chi connectivity index (χ4n) is 2.51. The van der Waals surface area contributed by atoms with E-state index in [1.807, 2.05) is 24.3 Å². The number of benzene rings is 2. The van der Waals surface area contributed by atoms with Crippen LogP contribution in [0.3, 0.4) is 0 Å². The molecule has 0 saturated carbocycles. The molecule has 2 rings (SSSR count). The zero-order valence-corrected chi connectivity index (χ0v) is 14.6. The SMILES string of the molecule is CC=C(C)P(C(C)=CC)c1ccccc1-c1ccccc1O. The summed E-state index contributed by atoms with van der Waals surface area (Å²) in [6.07, 6.45) is 4.39. The molecule has 0 radical (unpaired) electrons. The summed E-state index contributed by atoms with van der Waals surface area (Å²) in [4.78, 5) is 0. The van der Waals surface area contributed by atoms with Crippen molar-refractivity contribution in [2.75, 3.05) is 0 Å². The van der Waals surface area contributed by atoms with E-state index in [4.69, 9.17) is 0 Å². The van der Waals surface area contributed by atoms with Gasteiger partial charge in [0.2, 0.25) is 0 Å². The minimum atomic E-state index is -0.524. The normalized spacial score (nSPS) is 14.0. The van der Waals surface area contributed by atoms with Gasteiger partial charge in [0.15, 0.2) is 0 Å². The molecular formula is C20H23OP. The number of rotatable bonds is 4. The van der Waals surface area contributed by atoms with Gasteiger partial charge < -0.3 is 5.11 Å². The molecule has 1 nitrogen and oxygen atoms in total. The fourth-order valence-corrected chi connectivity index (χ4v) is 5.02. The minimum Gasteiger partial charge on any atom is -0.507 e. The molecule has 1 N–H and O–H groups in total. The Balaban J connectivity index is 2.68. The van der Waals surface area contributed by atoms with Crippen molar-refractivity contribution >= 4 is 13.2 Å². The van der Waals surface area contributed by atoms with Crippen LogP contribution < -0.4 is 5.30 Å². The number of hydrogen-bond donors (Lipinski definition) is 1. The maximum absolute atomic E-state index is 10.2. The van der Waals surface area contributed by atoms with Gasteiger partial charge in [-0.25, -0.2) is 0 Å². The van der Waals surface area contributed by atoms with E-state index >= 15 is 0 Å². The molecule has 0 aromatic heterocycles. The van der Waals surface area contributed by atoms with Gasteiger partial charge in [-0.2, -0.15) is 0 Å². The first kappa shape index (κ1) is 16.5. The smallest absolute Gasteiger partial charge is 0.123 e. The predicted octanol–water partition coefficient (Wildman–Crippen LogP) is 6.01. The van der Waals surface area contributed by atoms with Crippen molar-refractivity contribution in [3.05, 3.63) is 71.3 Å². The van der Waals surface area contributed by atoms with Gasteiger partial charge in [0.1, 0.15) is 5.75 Å². The van der Waals surface area contributed by atoms with Crippen LogP contribution in [-0.4, -0.2) is 5.11 Å². The van der Waals surface area contributed by atoms with E-state index in [9.17, 15) is 5.11 Å². The molecule has 0 amide bonds. The van der Waals surface area contributed by atoms with E-state index in [1.54, 1.807) is 6.07 Å². The van der Waals surface area contributed by atoms with Gasteiger partial charge in [0.05, 0.1) is 0 Å². The largest absolute Gasteiger partial charge is 0.507 e. The molecule has 0 aliphatic rings. The third-order valence-electron chi connectivity index (χ3n) is 3.88. The van der Waals surface area contributed by atoms with Crippen molar-refractivity contribution in [2.45, 2.75) is 27.7 Å². The maximum Gasteiger partial charge on any atom is 0.123 e. The zero-order valence-electron chi connectivity index (χ0n) is 13.7. The highest BCUT2D eigenvalue weighted by molar-refractivity contribution is 7.73. The number of phenols is 1. The molecule has 0 heterocycles. The molecule has 0 aliphatic carbocycles. The van der Waals surface area contributed by atoms with E-state index in [2.05, 4.69) is 58.0 Å². The molecule has 22 heavy (non-hydrogen) atoms. The van der Waals surface area contributed by atoms with Crippen molar-refractivity contribution in [3.8, 4) is 16.9 Å². The number of para-hydroxylation sites is 1. The summed E-state index contributed by atoms with van der Waals surface area (Å²) in [6, 6.07) is 16.0. The molecular weight excluding hydrogens is 287 g/mol. The summed E-state index contributed by atoms with van der Waals surface area (Å²) in [6.45, 7) is 8.58. The van der Waals surface area contributed by atoms with E-state index in [0.717, 1.165) is 11.1 Å². The second kappa shape index (κ2) is 7.42. The van der Waals surface area contributed by atoms with Gasteiger partial charge in [-0.15, -0.1) is 0 Å². The zero-order chi connectivity index (χ0) is 16.1. The lowest BCUT2D eigenvalue weighted by molar-refractivity contribution is 0.477. The molecule has 0 spiro atoms. The average molecular weight is 310 g/mol. The molecule has 0 atom stereocenters. The molecule has 2 aromatic carbocycles. The van der Waals surface area contributed by atoms with E-state index in [1.165, 1.54) is 15.9 Å². The van der Waals surface area contributed by atoms with E-state index in [0.29, 0.717) is 5.75 Å². The Morgan fingerprint density at radius 2 is 1.32 bits per heavy atom. The minimum absolute atomic E-state index is 0.334. The van der Waals surface area contributed by atoms with Crippen LogP contribution in [0.25, 0.3) is 11.1 Å². The maximum atomic E-state index is 10.2. The van der Waals surface area contributed by atoms with Crippen molar-refractivity contribution in [1.29, 1.82) is 0 Å². The standard InChI is InChI=1S/C20H23OP/c1-5-15(3)22(16(4)6-2)20-14-10-8-12-18(20)17-11-7-9-13-19(17)21/h5-14,21H,1-4H3. The first-order valence-corrected chi connectivity index (χ1v) is 8.87. The summed E-state index contributed by atoms with van der Waals surface area (Å²) < 4.78 is 0. The number of phenolic OH excluding ortho intramolecular Hbond substituents is 1. The summed E-state index contributed by atoms with van der Waals surface area (Å²) in [5.74, 6) is 0.334. The third kappa shape index (κ3) is 3.31. The van der Waals surface area contributed by atoms with Gasteiger partial charge in [-0.1, -0.05) is 54.6 Å². The van der Waals surface area contributed by atoms with Crippen LogP contribution in [0.1, 0.15) is 27.7 Å². The third-order valence-corrected chi connectivity index (χ3v) is 6.68. The van der Waals surface area contributed by atoms with Gasteiger partial charge >= 0.3 is 0 Å². The van der Waals surface area contributed by atoms with Gasteiger partial charge in [-0.05, 0) is 63.2 Å². The second-order valence-corrected chi connectivity index (χ2v) is 7.79. The van der Waals surface area contributed by atoms with Crippen molar-refractivity contribution in [1.82, 2.24) is 0 Å². The molecule has 0 bridgehead atoms. The molecule has 2 aromatic rings. The molecule has 0 aliphatic heterocycles. The van der Waals surface area contributed by atoms with Crippen LogP contribution in [0.2, 0.25) is 0 Å². The van der Waals surface area contributed by atoms with Crippen LogP contribution in [0.15, 0.2) is 71.3 Å². The first-order chi connectivity index (χ1) is 10.6. The van der Waals surface area contributed by atoms with Gasteiger partial charge in [0, 0.05) is 5.56 Å². The predicted molar refractivity (Wildman–Crippen MR) is 99.0 cm³/mol. The molecule has 2 heteroatoms. The Labute approximate surface area is 134 Å². The highest BCUT2D eigenvalue weighted by Crippen LogP contribution is 2.52.